The molecular weight excluding hydrogens is 270 g/mol. The second-order valence-corrected chi connectivity index (χ2v) is 5.86. The van der Waals surface area contributed by atoms with Crippen LogP contribution in [0.3, 0.4) is 0 Å². The number of likely N-dealkylation sites (tertiary alicyclic amines) is 1. The summed E-state index contributed by atoms with van der Waals surface area (Å²) in [5.41, 5.74) is 1.23. The van der Waals surface area contributed by atoms with Crippen LogP contribution < -0.4 is 0 Å². The zero-order chi connectivity index (χ0) is 14.2. The lowest BCUT2D eigenvalue weighted by Crippen LogP contribution is -2.40. The van der Waals surface area contributed by atoms with Crippen LogP contribution in [0.2, 0.25) is 0 Å². The van der Waals surface area contributed by atoms with E-state index in [2.05, 4.69) is 15.1 Å². The van der Waals surface area contributed by atoms with E-state index in [-0.39, 0.29) is 12.2 Å². The van der Waals surface area contributed by atoms with E-state index < -0.39 is 0 Å². The van der Waals surface area contributed by atoms with Crippen LogP contribution in [0.25, 0.3) is 0 Å². The number of fused-ring (bicyclic) bond motifs is 1. The highest BCUT2D eigenvalue weighted by molar-refractivity contribution is 5.07. The Morgan fingerprint density at radius 2 is 2.24 bits per heavy atom. The molecule has 0 bridgehead atoms. The summed E-state index contributed by atoms with van der Waals surface area (Å²) in [5, 5.41) is 7.99. The van der Waals surface area contributed by atoms with Gasteiger partial charge in [-0.05, 0) is 25.3 Å². The maximum Gasteiger partial charge on any atom is 0.245 e. The SMILES string of the molecule is Cc1nnc([C@@H]2CC[C@@H]3[C@@H](CCN3Cc3ccoc3)O2)o1. The number of aryl methyl sites for hydroxylation is 1. The van der Waals surface area contributed by atoms with Gasteiger partial charge in [-0.2, -0.15) is 0 Å². The van der Waals surface area contributed by atoms with E-state index in [9.17, 15) is 0 Å². The van der Waals surface area contributed by atoms with Gasteiger partial charge < -0.3 is 13.6 Å². The van der Waals surface area contributed by atoms with Crippen LogP contribution in [0.4, 0.5) is 0 Å². The number of rotatable bonds is 3. The summed E-state index contributed by atoms with van der Waals surface area (Å²) in [4.78, 5) is 2.49. The van der Waals surface area contributed by atoms with E-state index >= 15 is 0 Å². The summed E-state index contributed by atoms with van der Waals surface area (Å²) >= 11 is 0. The van der Waals surface area contributed by atoms with E-state index in [4.69, 9.17) is 13.6 Å². The molecule has 0 aromatic carbocycles. The molecular formula is C15H19N3O3. The smallest absolute Gasteiger partial charge is 0.245 e. The van der Waals surface area contributed by atoms with Gasteiger partial charge in [0.15, 0.2) is 0 Å². The van der Waals surface area contributed by atoms with Crippen LogP contribution in [0.1, 0.15) is 42.7 Å². The topological polar surface area (TPSA) is 64.5 Å². The predicted octanol–water partition coefficient (Wildman–Crippen LogP) is 2.47. The van der Waals surface area contributed by atoms with Crippen LogP contribution in [0, 0.1) is 6.92 Å². The number of ether oxygens (including phenoxy) is 1. The van der Waals surface area contributed by atoms with E-state index in [1.807, 2.05) is 19.3 Å². The molecule has 4 rings (SSSR count). The van der Waals surface area contributed by atoms with E-state index in [0.717, 1.165) is 32.4 Å². The van der Waals surface area contributed by atoms with Crippen LogP contribution >= 0.6 is 0 Å². The molecule has 2 aromatic heterocycles. The summed E-state index contributed by atoms with van der Waals surface area (Å²) < 4.78 is 16.9. The molecule has 2 saturated heterocycles. The van der Waals surface area contributed by atoms with Gasteiger partial charge in [0.05, 0.1) is 18.6 Å². The molecule has 0 spiro atoms. The Balaban J connectivity index is 1.42. The fraction of sp³-hybridized carbons (Fsp3) is 0.600. The van der Waals surface area contributed by atoms with Crippen molar-refractivity contribution in [2.75, 3.05) is 6.54 Å². The van der Waals surface area contributed by atoms with Gasteiger partial charge in [0.2, 0.25) is 11.8 Å². The number of furan rings is 1. The second kappa shape index (κ2) is 5.27. The van der Waals surface area contributed by atoms with Crippen LogP contribution in [0.15, 0.2) is 27.4 Å². The third-order valence-corrected chi connectivity index (χ3v) is 4.45. The highest BCUT2D eigenvalue weighted by Gasteiger charge is 2.41. The van der Waals surface area contributed by atoms with Crippen molar-refractivity contribution in [2.45, 2.75) is 51.0 Å². The monoisotopic (exact) mass is 289 g/mol. The lowest BCUT2D eigenvalue weighted by Gasteiger charge is -2.34. The Hall–Kier alpha value is -1.66. The molecule has 0 amide bonds. The fourth-order valence-corrected chi connectivity index (χ4v) is 3.45. The molecule has 0 aliphatic carbocycles. The molecule has 6 nitrogen and oxygen atoms in total. The molecule has 21 heavy (non-hydrogen) atoms. The van der Waals surface area contributed by atoms with Crippen molar-refractivity contribution in [3.05, 3.63) is 35.9 Å². The molecule has 2 aromatic rings. The van der Waals surface area contributed by atoms with Crippen molar-refractivity contribution >= 4 is 0 Å². The molecule has 0 unspecified atom stereocenters. The van der Waals surface area contributed by atoms with Crippen molar-refractivity contribution in [1.29, 1.82) is 0 Å². The molecule has 6 heteroatoms. The van der Waals surface area contributed by atoms with Gasteiger partial charge in [0, 0.05) is 31.6 Å². The molecule has 0 saturated carbocycles. The van der Waals surface area contributed by atoms with Gasteiger partial charge >= 0.3 is 0 Å². The van der Waals surface area contributed by atoms with Gasteiger partial charge in [0.25, 0.3) is 0 Å². The summed E-state index contributed by atoms with van der Waals surface area (Å²) in [6, 6.07) is 2.52. The quantitative estimate of drug-likeness (QED) is 0.865. The Bertz CT molecular complexity index is 595. The van der Waals surface area contributed by atoms with Gasteiger partial charge in [-0.15, -0.1) is 10.2 Å². The third-order valence-electron chi connectivity index (χ3n) is 4.45. The molecule has 2 aliphatic rings. The maximum atomic E-state index is 6.20. The fourth-order valence-electron chi connectivity index (χ4n) is 3.45. The molecule has 112 valence electrons. The van der Waals surface area contributed by atoms with Crippen LogP contribution in [-0.4, -0.2) is 33.8 Å². The van der Waals surface area contributed by atoms with Crippen molar-refractivity contribution in [2.24, 2.45) is 0 Å². The number of hydrogen-bond acceptors (Lipinski definition) is 6. The van der Waals surface area contributed by atoms with Crippen molar-refractivity contribution < 1.29 is 13.6 Å². The minimum absolute atomic E-state index is 0.0404. The summed E-state index contributed by atoms with van der Waals surface area (Å²) in [5.74, 6) is 1.22. The van der Waals surface area contributed by atoms with Crippen LogP contribution in [-0.2, 0) is 11.3 Å². The summed E-state index contributed by atoms with van der Waals surface area (Å²) in [6.45, 7) is 3.81. The normalized spacial score (nSPS) is 29.7. The third kappa shape index (κ3) is 2.49. The predicted molar refractivity (Wildman–Crippen MR) is 73.4 cm³/mol. The molecule has 4 heterocycles. The first-order valence-corrected chi connectivity index (χ1v) is 7.50. The summed E-state index contributed by atoms with van der Waals surface area (Å²) in [6.07, 6.45) is 6.88. The van der Waals surface area contributed by atoms with Gasteiger partial charge in [0.1, 0.15) is 6.10 Å². The molecule has 2 aliphatic heterocycles. The second-order valence-electron chi connectivity index (χ2n) is 5.86. The highest BCUT2D eigenvalue weighted by Crippen LogP contribution is 2.38. The first-order chi connectivity index (χ1) is 10.3. The molecule has 0 N–H and O–H groups in total. The Morgan fingerprint density at radius 3 is 3.00 bits per heavy atom. The molecule has 2 fully saturated rings. The van der Waals surface area contributed by atoms with E-state index in [0.29, 0.717) is 17.8 Å². The Kier molecular flexibility index (Phi) is 3.27. The first-order valence-electron chi connectivity index (χ1n) is 7.50. The van der Waals surface area contributed by atoms with Gasteiger partial charge in [-0.25, -0.2) is 0 Å². The standard InChI is InChI=1S/C15H19N3O3/c1-10-16-17-15(20-10)14-3-2-12-13(21-14)4-6-18(12)8-11-5-7-19-9-11/h5,7,9,12-14H,2-4,6,8H2,1H3/t12-,13-,14+/m1/s1. The number of aromatic nitrogens is 2. The average Bonchev–Trinajstić information content (AvgIpc) is 3.21. The molecule has 3 atom stereocenters. The van der Waals surface area contributed by atoms with Crippen molar-refractivity contribution in [1.82, 2.24) is 15.1 Å². The lowest BCUT2D eigenvalue weighted by molar-refractivity contribution is -0.0818. The average molecular weight is 289 g/mol. The minimum Gasteiger partial charge on any atom is -0.472 e. The van der Waals surface area contributed by atoms with Crippen LogP contribution in [0.5, 0.6) is 0 Å². The van der Waals surface area contributed by atoms with E-state index in [1.165, 1.54) is 5.56 Å². The molecule has 0 radical (unpaired) electrons. The zero-order valence-electron chi connectivity index (χ0n) is 12.1. The number of nitrogens with zero attached hydrogens (tertiary/aromatic N) is 3. The zero-order valence-corrected chi connectivity index (χ0v) is 12.1. The highest BCUT2D eigenvalue weighted by atomic mass is 16.5. The number of hydrogen-bond donors (Lipinski definition) is 0. The Morgan fingerprint density at radius 1 is 1.29 bits per heavy atom. The van der Waals surface area contributed by atoms with Crippen molar-refractivity contribution in [3.63, 3.8) is 0 Å². The maximum absolute atomic E-state index is 6.20. The van der Waals surface area contributed by atoms with Crippen molar-refractivity contribution in [3.8, 4) is 0 Å². The first kappa shape index (κ1) is 13.0. The summed E-state index contributed by atoms with van der Waals surface area (Å²) in [7, 11) is 0. The minimum atomic E-state index is -0.0404. The lowest BCUT2D eigenvalue weighted by atomic mass is 9.99. The Labute approximate surface area is 123 Å². The largest absolute Gasteiger partial charge is 0.472 e. The van der Waals surface area contributed by atoms with Gasteiger partial charge in [-0.1, -0.05) is 0 Å². The van der Waals surface area contributed by atoms with E-state index in [1.54, 1.807) is 6.26 Å². The van der Waals surface area contributed by atoms with Gasteiger partial charge in [-0.3, -0.25) is 4.90 Å².